The lowest BCUT2D eigenvalue weighted by molar-refractivity contribution is -0.192. The number of fused-ring (bicyclic) bond motifs is 1. The summed E-state index contributed by atoms with van der Waals surface area (Å²) >= 11 is 6.15. The average molecular weight is 734 g/mol. The monoisotopic (exact) mass is 733 g/mol. The molecule has 3 N–H and O–H groups in total. The van der Waals surface area contributed by atoms with Crippen molar-refractivity contribution in [1.29, 1.82) is 0 Å². The summed E-state index contributed by atoms with van der Waals surface area (Å²) in [6.07, 6.45) is 6.35. The molecule has 9 nitrogen and oxygen atoms in total. The van der Waals surface area contributed by atoms with Gasteiger partial charge in [-0.3, -0.25) is 14.5 Å². The summed E-state index contributed by atoms with van der Waals surface area (Å²) < 4.78 is 31.7. The first-order chi connectivity index (χ1) is 24.3. The van der Waals surface area contributed by atoms with Crippen LogP contribution in [0.25, 0.3) is 0 Å². The molecule has 0 aromatic heterocycles. The number of benzene rings is 2. The van der Waals surface area contributed by atoms with Crippen LogP contribution in [0.5, 0.6) is 0 Å². The number of carboxylic acids is 1. The summed E-state index contributed by atoms with van der Waals surface area (Å²) in [6.45, 7) is 6.32. The van der Waals surface area contributed by atoms with Gasteiger partial charge in [0.1, 0.15) is 6.04 Å². The van der Waals surface area contributed by atoms with Crippen LogP contribution >= 0.6 is 11.6 Å². The molecule has 1 unspecified atom stereocenters. The van der Waals surface area contributed by atoms with Crippen LogP contribution in [-0.2, 0) is 27.3 Å². The molecule has 1 saturated carbocycles. The standard InChI is InChI=1S/C36H50ClN5O2.C2HF3O2/c1-40-17-15-36(16-18-40,25-28-7-3-2-4-8-28)42-21-19-41(20-22-42)35(44)33(23-27-11-13-30(37)14-12-27)39-34(43)24-32-31-10-6-5-9-29(31)26-38-32;3-2(4,5)1(6)7/h5-6,9-14,28,32-33,38H,2-4,7-8,15-26H2,1H3,(H,39,43);(H,6,7)/t32?,33-;/m1./s1. The number of carbonyl (C=O) groups is 3. The molecule has 280 valence electrons. The lowest BCUT2D eigenvalue weighted by Crippen LogP contribution is -2.63. The highest BCUT2D eigenvalue weighted by Crippen LogP contribution is 2.40. The Balaban J connectivity index is 0.000000654. The van der Waals surface area contributed by atoms with Crippen LogP contribution in [0.1, 0.15) is 80.5 Å². The Morgan fingerprint density at radius 1 is 0.961 bits per heavy atom. The minimum Gasteiger partial charge on any atom is -0.475 e. The van der Waals surface area contributed by atoms with Crippen LogP contribution in [0.4, 0.5) is 13.2 Å². The minimum atomic E-state index is -5.08. The number of amides is 2. The fourth-order valence-electron chi connectivity index (χ4n) is 8.29. The highest BCUT2D eigenvalue weighted by molar-refractivity contribution is 6.30. The molecule has 2 amide bonds. The Kier molecular flexibility index (Phi) is 13.4. The third-order valence-electron chi connectivity index (χ3n) is 11.2. The first-order valence-electron chi connectivity index (χ1n) is 18.2. The van der Waals surface area contributed by atoms with Gasteiger partial charge >= 0.3 is 12.1 Å². The SMILES string of the molecule is CN1CCC(CC2CCCCC2)(N2CCN(C(=O)[C@@H](Cc3ccc(Cl)cc3)NC(=O)CC3NCc4ccccc43)CC2)CC1.O=C(O)C(F)(F)F. The molecule has 2 saturated heterocycles. The third kappa shape index (κ3) is 10.7. The van der Waals surface area contributed by atoms with Gasteiger partial charge < -0.3 is 25.5 Å². The molecule has 13 heteroatoms. The molecule has 0 bridgehead atoms. The van der Waals surface area contributed by atoms with Crippen molar-refractivity contribution in [2.75, 3.05) is 46.3 Å². The maximum atomic E-state index is 14.1. The third-order valence-corrected chi connectivity index (χ3v) is 11.4. The summed E-state index contributed by atoms with van der Waals surface area (Å²) in [7, 11) is 2.25. The fourth-order valence-corrected chi connectivity index (χ4v) is 8.42. The zero-order chi connectivity index (χ0) is 36.6. The Hall–Kier alpha value is -3.19. The van der Waals surface area contributed by atoms with Crippen LogP contribution in [0.15, 0.2) is 48.5 Å². The average Bonchev–Trinajstić information content (AvgIpc) is 3.52. The van der Waals surface area contributed by atoms with E-state index < -0.39 is 18.2 Å². The van der Waals surface area contributed by atoms with Crippen molar-refractivity contribution in [1.82, 2.24) is 25.3 Å². The largest absolute Gasteiger partial charge is 0.490 e. The van der Waals surface area contributed by atoms with E-state index in [2.05, 4.69) is 39.6 Å². The van der Waals surface area contributed by atoms with E-state index in [-0.39, 0.29) is 23.4 Å². The molecule has 0 spiro atoms. The fraction of sp³-hybridized carbons (Fsp3) is 0.605. The maximum Gasteiger partial charge on any atom is 0.490 e. The van der Waals surface area contributed by atoms with Gasteiger partial charge in [-0.15, -0.1) is 0 Å². The Labute approximate surface area is 303 Å². The van der Waals surface area contributed by atoms with Crippen molar-refractivity contribution in [3.8, 4) is 0 Å². The van der Waals surface area contributed by atoms with Gasteiger partial charge in [0.25, 0.3) is 0 Å². The van der Waals surface area contributed by atoms with Gasteiger partial charge in [-0.2, -0.15) is 13.2 Å². The number of piperazine rings is 1. The van der Waals surface area contributed by atoms with E-state index in [4.69, 9.17) is 21.5 Å². The number of carbonyl (C=O) groups excluding carboxylic acids is 2. The molecule has 6 rings (SSSR count). The van der Waals surface area contributed by atoms with Crippen LogP contribution in [0, 0.1) is 5.92 Å². The number of rotatable bonds is 9. The van der Waals surface area contributed by atoms with E-state index in [1.165, 1.54) is 62.5 Å². The Morgan fingerprint density at radius 3 is 2.22 bits per heavy atom. The number of hydrogen-bond acceptors (Lipinski definition) is 6. The molecule has 2 atom stereocenters. The molecular weight excluding hydrogens is 683 g/mol. The molecule has 51 heavy (non-hydrogen) atoms. The zero-order valence-electron chi connectivity index (χ0n) is 29.4. The van der Waals surface area contributed by atoms with Crippen molar-refractivity contribution in [2.45, 2.75) is 94.6 Å². The number of halogens is 4. The highest BCUT2D eigenvalue weighted by Gasteiger charge is 2.43. The van der Waals surface area contributed by atoms with Gasteiger partial charge in [-0.25, -0.2) is 4.79 Å². The van der Waals surface area contributed by atoms with E-state index in [1.54, 1.807) is 0 Å². The number of aliphatic carboxylic acids is 1. The summed E-state index contributed by atoms with van der Waals surface area (Å²) in [4.78, 5) is 43.6. The van der Waals surface area contributed by atoms with Crippen molar-refractivity contribution in [3.63, 3.8) is 0 Å². The van der Waals surface area contributed by atoms with Crippen molar-refractivity contribution in [3.05, 3.63) is 70.2 Å². The van der Waals surface area contributed by atoms with Gasteiger partial charge in [-0.05, 0) is 74.1 Å². The molecule has 3 fully saturated rings. The molecule has 4 aliphatic rings. The number of carboxylic acid groups (broad SMARTS) is 1. The van der Waals surface area contributed by atoms with E-state index in [0.29, 0.717) is 31.0 Å². The highest BCUT2D eigenvalue weighted by atomic mass is 35.5. The van der Waals surface area contributed by atoms with E-state index >= 15 is 0 Å². The predicted octanol–water partition coefficient (Wildman–Crippen LogP) is 5.81. The number of nitrogens with one attached hydrogen (secondary N) is 2. The number of alkyl halides is 3. The number of nitrogens with zero attached hydrogens (tertiary/aromatic N) is 3. The number of likely N-dealkylation sites (tertiary alicyclic amines) is 1. The zero-order valence-corrected chi connectivity index (χ0v) is 30.2. The quantitative estimate of drug-likeness (QED) is 0.299. The van der Waals surface area contributed by atoms with Crippen LogP contribution in [-0.4, -0.2) is 102 Å². The predicted molar refractivity (Wildman–Crippen MR) is 190 cm³/mol. The van der Waals surface area contributed by atoms with E-state index in [0.717, 1.165) is 44.2 Å². The molecule has 2 aromatic carbocycles. The first-order valence-corrected chi connectivity index (χ1v) is 18.6. The minimum absolute atomic E-state index is 0.0254. The van der Waals surface area contributed by atoms with Gasteiger partial charge in [0.2, 0.25) is 11.8 Å². The topological polar surface area (TPSA) is 105 Å². The molecule has 3 heterocycles. The molecule has 2 aromatic rings. The van der Waals surface area contributed by atoms with Crippen molar-refractivity contribution < 1.29 is 32.7 Å². The summed E-state index contributed by atoms with van der Waals surface area (Å²) in [6, 6.07) is 15.2. The van der Waals surface area contributed by atoms with Crippen LogP contribution in [0.3, 0.4) is 0 Å². The van der Waals surface area contributed by atoms with Gasteiger partial charge in [0.05, 0.1) is 0 Å². The second-order valence-corrected chi connectivity index (χ2v) is 15.1. The molecule has 1 aliphatic carbocycles. The lowest BCUT2D eigenvalue weighted by Gasteiger charge is -2.53. The van der Waals surface area contributed by atoms with Crippen molar-refractivity contribution in [2.24, 2.45) is 5.92 Å². The van der Waals surface area contributed by atoms with Crippen LogP contribution < -0.4 is 10.6 Å². The molecule has 3 aliphatic heterocycles. The smallest absolute Gasteiger partial charge is 0.475 e. The normalized spacial score (nSPS) is 22.0. The lowest BCUT2D eigenvalue weighted by atomic mass is 9.73. The van der Waals surface area contributed by atoms with E-state index in [9.17, 15) is 22.8 Å². The summed E-state index contributed by atoms with van der Waals surface area (Å²) in [5.74, 6) is -1.99. The van der Waals surface area contributed by atoms with Gasteiger partial charge in [-0.1, -0.05) is 80.1 Å². The van der Waals surface area contributed by atoms with Crippen LogP contribution in [0.2, 0.25) is 5.02 Å². The van der Waals surface area contributed by atoms with Crippen molar-refractivity contribution >= 4 is 29.4 Å². The second-order valence-electron chi connectivity index (χ2n) is 14.6. The first kappa shape index (κ1) is 39.0. The number of piperidine rings is 1. The number of hydrogen-bond donors (Lipinski definition) is 3. The Morgan fingerprint density at radius 2 is 1.59 bits per heavy atom. The summed E-state index contributed by atoms with van der Waals surface area (Å²) in [5.41, 5.74) is 3.66. The maximum absolute atomic E-state index is 14.1. The Bertz CT molecular complexity index is 1470. The van der Waals surface area contributed by atoms with Gasteiger partial charge in [0.15, 0.2) is 0 Å². The second kappa shape index (κ2) is 17.6. The molecular formula is C38H51ClF3N5O4. The molecule has 0 radical (unpaired) electrons. The van der Waals surface area contributed by atoms with E-state index in [1.807, 2.05) is 41.3 Å². The van der Waals surface area contributed by atoms with Gasteiger partial charge in [0, 0.05) is 62.2 Å². The summed E-state index contributed by atoms with van der Waals surface area (Å²) in [5, 5.41) is 14.4.